The number of carbonyl (C=O) groups is 2. The van der Waals surface area contributed by atoms with E-state index in [-0.39, 0.29) is 11.7 Å². The topological polar surface area (TPSA) is 40.6 Å². The van der Waals surface area contributed by atoms with Gasteiger partial charge in [-0.2, -0.15) is 0 Å². The Bertz CT molecular complexity index is 870. The molecule has 0 saturated carbocycles. The van der Waals surface area contributed by atoms with Crippen molar-refractivity contribution in [2.24, 2.45) is 0 Å². The van der Waals surface area contributed by atoms with Crippen LogP contribution in [0.4, 0.5) is 5.69 Å². The van der Waals surface area contributed by atoms with Crippen molar-refractivity contribution in [2.45, 2.75) is 6.92 Å². The molecule has 1 heterocycles. The molecule has 1 fully saturated rings. The van der Waals surface area contributed by atoms with Crippen molar-refractivity contribution in [3.8, 4) is 0 Å². The van der Waals surface area contributed by atoms with Crippen LogP contribution in [-0.4, -0.2) is 42.8 Å². The molecule has 0 aliphatic carbocycles. The van der Waals surface area contributed by atoms with Gasteiger partial charge in [0.05, 0.1) is 10.0 Å². The number of Topliss-reactive ketones (excluding diaryl/α,β-unsaturated/α-hetero) is 1. The number of anilines is 1. The summed E-state index contributed by atoms with van der Waals surface area (Å²) in [5, 5.41) is 0.915. The second-order valence-electron chi connectivity index (χ2n) is 6.39. The molecule has 0 atom stereocenters. The zero-order valence-electron chi connectivity index (χ0n) is 15.0. The van der Waals surface area contributed by atoms with Gasteiger partial charge in [0.2, 0.25) is 5.91 Å². The van der Waals surface area contributed by atoms with Crippen LogP contribution in [0.2, 0.25) is 10.0 Å². The maximum absolute atomic E-state index is 12.4. The van der Waals surface area contributed by atoms with Crippen LogP contribution in [0.5, 0.6) is 0 Å². The standard InChI is InChI=1S/C21H20Cl2N2O2/c1-15(26)16-5-8-18(9-6-16)24-11-13-25(14-12-24)20(27)10-7-17-3-2-4-19(22)21(17)23/h2-10H,11-14H2,1H3/b10-7+. The minimum atomic E-state index is -0.0439. The third kappa shape index (κ3) is 4.71. The van der Waals surface area contributed by atoms with E-state index in [0.29, 0.717) is 28.7 Å². The summed E-state index contributed by atoms with van der Waals surface area (Å²) in [6, 6.07) is 12.9. The molecular formula is C21H20Cl2N2O2. The molecule has 1 saturated heterocycles. The van der Waals surface area contributed by atoms with E-state index in [1.54, 1.807) is 25.1 Å². The predicted molar refractivity (Wildman–Crippen MR) is 111 cm³/mol. The van der Waals surface area contributed by atoms with Gasteiger partial charge in [-0.25, -0.2) is 0 Å². The summed E-state index contributed by atoms with van der Waals surface area (Å²) in [6.07, 6.45) is 3.23. The molecule has 1 aliphatic rings. The third-order valence-corrected chi connectivity index (χ3v) is 5.45. The highest BCUT2D eigenvalue weighted by Crippen LogP contribution is 2.26. The number of hydrogen-bond donors (Lipinski definition) is 0. The number of hydrogen-bond acceptors (Lipinski definition) is 3. The lowest BCUT2D eigenvalue weighted by molar-refractivity contribution is -0.126. The number of carbonyl (C=O) groups excluding carboxylic acids is 2. The number of ketones is 1. The third-order valence-electron chi connectivity index (χ3n) is 4.62. The highest BCUT2D eigenvalue weighted by atomic mass is 35.5. The van der Waals surface area contributed by atoms with Crippen molar-refractivity contribution >= 4 is 46.7 Å². The molecule has 0 aromatic heterocycles. The highest BCUT2D eigenvalue weighted by molar-refractivity contribution is 6.42. The molecule has 0 unspecified atom stereocenters. The molecule has 0 radical (unpaired) electrons. The number of benzene rings is 2. The molecule has 4 nitrogen and oxygen atoms in total. The number of halogens is 2. The second kappa shape index (κ2) is 8.59. The van der Waals surface area contributed by atoms with Crippen molar-refractivity contribution < 1.29 is 9.59 Å². The van der Waals surface area contributed by atoms with E-state index < -0.39 is 0 Å². The molecule has 27 heavy (non-hydrogen) atoms. The lowest BCUT2D eigenvalue weighted by atomic mass is 10.1. The normalized spacial score (nSPS) is 14.6. The smallest absolute Gasteiger partial charge is 0.246 e. The number of nitrogens with zero attached hydrogens (tertiary/aromatic N) is 2. The summed E-state index contributed by atoms with van der Waals surface area (Å²) in [5.74, 6) is 0.0150. The molecule has 3 rings (SSSR count). The first kappa shape index (κ1) is 19.5. The van der Waals surface area contributed by atoms with E-state index in [0.717, 1.165) is 24.3 Å². The van der Waals surface area contributed by atoms with Gasteiger partial charge < -0.3 is 9.80 Å². The Morgan fingerprint density at radius 3 is 2.26 bits per heavy atom. The van der Waals surface area contributed by atoms with Crippen molar-refractivity contribution in [1.29, 1.82) is 0 Å². The fourth-order valence-electron chi connectivity index (χ4n) is 3.01. The van der Waals surface area contributed by atoms with Gasteiger partial charge in [-0.15, -0.1) is 0 Å². The van der Waals surface area contributed by atoms with Crippen molar-refractivity contribution in [3.05, 3.63) is 69.7 Å². The Kier molecular flexibility index (Phi) is 6.19. The zero-order chi connectivity index (χ0) is 19.4. The van der Waals surface area contributed by atoms with Gasteiger partial charge in [0.25, 0.3) is 0 Å². The molecule has 1 amide bonds. The zero-order valence-corrected chi connectivity index (χ0v) is 16.5. The van der Waals surface area contributed by atoms with Gasteiger partial charge in [0, 0.05) is 43.5 Å². The van der Waals surface area contributed by atoms with Gasteiger partial charge in [0.1, 0.15) is 0 Å². The van der Waals surface area contributed by atoms with Crippen LogP contribution in [0.15, 0.2) is 48.5 Å². The molecule has 2 aromatic rings. The first-order chi connectivity index (χ1) is 13.0. The summed E-state index contributed by atoms with van der Waals surface area (Å²) < 4.78 is 0. The second-order valence-corrected chi connectivity index (χ2v) is 7.18. The molecule has 0 N–H and O–H groups in total. The highest BCUT2D eigenvalue weighted by Gasteiger charge is 2.20. The van der Waals surface area contributed by atoms with Gasteiger partial charge >= 0.3 is 0 Å². The molecule has 0 bridgehead atoms. The van der Waals surface area contributed by atoms with E-state index in [9.17, 15) is 9.59 Å². The van der Waals surface area contributed by atoms with E-state index in [1.807, 2.05) is 35.2 Å². The van der Waals surface area contributed by atoms with Gasteiger partial charge in [0.15, 0.2) is 5.78 Å². The fourth-order valence-corrected chi connectivity index (χ4v) is 3.38. The Morgan fingerprint density at radius 2 is 1.63 bits per heavy atom. The molecule has 1 aliphatic heterocycles. The van der Waals surface area contributed by atoms with Crippen molar-refractivity contribution in [3.63, 3.8) is 0 Å². The van der Waals surface area contributed by atoms with Crippen molar-refractivity contribution in [2.75, 3.05) is 31.1 Å². The summed E-state index contributed by atoms with van der Waals surface area (Å²) in [7, 11) is 0. The van der Waals surface area contributed by atoms with Crippen LogP contribution in [0, 0.1) is 0 Å². The maximum atomic E-state index is 12.4. The molecular weight excluding hydrogens is 383 g/mol. The average Bonchev–Trinajstić information content (AvgIpc) is 2.69. The van der Waals surface area contributed by atoms with Gasteiger partial charge in [-0.05, 0) is 48.9 Å². The molecule has 2 aromatic carbocycles. The van der Waals surface area contributed by atoms with E-state index in [4.69, 9.17) is 23.2 Å². The monoisotopic (exact) mass is 402 g/mol. The lowest BCUT2D eigenvalue weighted by Crippen LogP contribution is -2.48. The van der Waals surface area contributed by atoms with Crippen LogP contribution in [-0.2, 0) is 4.79 Å². The largest absolute Gasteiger partial charge is 0.368 e. The predicted octanol–water partition coefficient (Wildman–Crippen LogP) is 4.56. The van der Waals surface area contributed by atoms with Crippen LogP contribution in [0.1, 0.15) is 22.8 Å². The number of piperazine rings is 1. The Balaban J connectivity index is 1.58. The molecule has 0 spiro atoms. The minimum absolute atomic E-state index is 0.0439. The SMILES string of the molecule is CC(=O)c1ccc(N2CCN(C(=O)/C=C/c3cccc(Cl)c3Cl)CC2)cc1. The minimum Gasteiger partial charge on any atom is -0.368 e. The molecule has 6 heteroatoms. The molecule has 140 valence electrons. The van der Waals surface area contributed by atoms with Gasteiger partial charge in [-0.3, -0.25) is 9.59 Å². The Labute approximate surface area is 169 Å². The van der Waals surface area contributed by atoms with Crippen LogP contribution < -0.4 is 4.90 Å². The average molecular weight is 403 g/mol. The first-order valence-electron chi connectivity index (χ1n) is 8.72. The summed E-state index contributed by atoms with van der Waals surface area (Å²) in [6.45, 7) is 4.33. The number of rotatable bonds is 4. The van der Waals surface area contributed by atoms with Crippen LogP contribution in [0.3, 0.4) is 0 Å². The summed E-state index contributed by atoms with van der Waals surface area (Å²) in [4.78, 5) is 27.8. The lowest BCUT2D eigenvalue weighted by Gasteiger charge is -2.35. The fraction of sp³-hybridized carbons (Fsp3) is 0.238. The quantitative estimate of drug-likeness (QED) is 0.555. The maximum Gasteiger partial charge on any atom is 0.246 e. The van der Waals surface area contributed by atoms with Crippen LogP contribution in [0.25, 0.3) is 6.08 Å². The number of amides is 1. The van der Waals surface area contributed by atoms with E-state index in [1.165, 1.54) is 6.08 Å². The van der Waals surface area contributed by atoms with E-state index >= 15 is 0 Å². The van der Waals surface area contributed by atoms with Crippen LogP contribution >= 0.6 is 23.2 Å². The summed E-state index contributed by atoms with van der Waals surface area (Å²) in [5.41, 5.74) is 2.49. The van der Waals surface area contributed by atoms with E-state index in [2.05, 4.69) is 4.90 Å². The van der Waals surface area contributed by atoms with Gasteiger partial charge in [-0.1, -0.05) is 35.3 Å². The summed E-state index contributed by atoms with van der Waals surface area (Å²) >= 11 is 12.1. The first-order valence-corrected chi connectivity index (χ1v) is 9.48. The Hall–Kier alpha value is -2.30. The van der Waals surface area contributed by atoms with Crippen molar-refractivity contribution in [1.82, 2.24) is 4.90 Å². The Morgan fingerprint density at radius 1 is 0.963 bits per heavy atom.